The van der Waals surface area contributed by atoms with E-state index in [1.807, 2.05) is 78.9 Å². The molecule has 3 aromatic rings. The summed E-state index contributed by atoms with van der Waals surface area (Å²) in [5, 5.41) is 0. The molecule has 0 saturated heterocycles. The van der Waals surface area contributed by atoms with Crippen LogP contribution in [0.4, 0.5) is 0 Å². The van der Waals surface area contributed by atoms with E-state index in [9.17, 15) is 4.79 Å². The van der Waals surface area contributed by atoms with Gasteiger partial charge in [0.2, 0.25) is 0 Å². The maximum Gasteiger partial charge on any atom is 0.196 e. The maximum absolute atomic E-state index is 13.2. The number of Topliss-reactive ketones (excluding diaryl/α,β-unsaturated/α-hetero) is 1. The Hall–Kier alpha value is -3.33. The molecule has 0 spiro atoms. The highest BCUT2D eigenvalue weighted by Gasteiger charge is 2.32. The Morgan fingerprint density at radius 1 is 0.885 bits per heavy atom. The Morgan fingerprint density at radius 3 is 2.38 bits per heavy atom. The third kappa shape index (κ3) is 2.88. The highest BCUT2D eigenvalue weighted by atomic mass is 16.5. The van der Waals surface area contributed by atoms with Crippen molar-refractivity contribution < 1.29 is 14.3 Å². The van der Waals surface area contributed by atoms with E-state index < -0.39 is 6.10 Å². The molecule has 0 saturated carbocycles. The van der Waals surface area contributed by atoms with Crippen molar-refractivity contribution >= 4 is 11.9 Å². The molecule has 1 heterocycles. The van der Waals surface area contributed by atoms with E-state index in [2.05, 4.69) is 0 Å². The molecule has 4 rings (SSSR count). The van der Waals surface area contributed by atoms with Gasteiger partial charge in [-0.25, -0.2) is 0 Å². The highest BCUT2D eigenvalue weighted by Crippen LogP contribution is 2.39. The van der Waals surface area contributed by atoms with Gasteiger partial charge in [-0.3, -0.25) is 4.79 Å². The number of benzene rings is 3. The van der Waals surface area contributed by atoms with Crippen molar-refractivity contribution in [3.63, 3.8) is 0 Å². The molecule has 1 aliphatic heterocycles. The van der Waals surface area contributed by atoms with Crippen molar-refractivity contribution in [3.05, 3.63) is 101 Å². The van der Waals surface area contributed by atoms with E-state index in [1.165, 1.54) is 0 Å². The zero-order valence-corrected chi connectivity index (χ0v) is 14.4. The van der Waals surface area contributed by atoms with Crippen LogP contribution in [0.1, 0.15) is 27.6 Å². The van der Waals surface area contributed by atoms with Crippen LogP contribution >= 0.6 is 0 Å². The first-order valence-corrected chi connectivity index (χ1v) is 8.48. The molecule has 3 heteroatoms. The first-order chi connectivity index (χ1) is 12.8. The highest BCUT2D eigenvalue weighted by molar-refractivity contribution is 6.14. The van der Waals surface area contributed by atoms with Crippen LogP contribution in [0.15, 0.2) is 84.4 Å². The lowest BCUT2D eigenvalue weighted by Gasteiger charge is -2.28. The third-order valence-electron chi connectivity index (χ3n) is 4.47. The van der Waals surface area contributed by atoms with Crippen LogP contribution in [0, 0.1) is 0 Å². The summed E-state index contributed by atoms with van der Waals surface area (Å²) >= 11 is 0. The van der Waals surface area contributed by atoms with E-state index in [0.717, 1.165) is 16.9 Å². The molecule has 0 amide bonds. The standard InChI is InChI=1S/C23H18O3/c1-25-20-13-7-5-11-17(20)15-19-22(24)18-12-6-8-14-21(18)26-23(19)16-9-3-2-4-10-16/h2-15,23H,1H3/b19-15+/t23-/m0/s1. The number of carbonyl (C=O) groups is 1. The topological polar surface area (TPSA) is 35.5 Å². The summed E-state index contributed by atoms with van der Waals surface area (Å²) in [6, 6.07) is 24.8. The molecular formula is C23H18O3. The number of hydrogen-bond donors (Lipinski definition) is 0. The molecule has 3 nitrogen and oxygen atoms in total. The second-order valence-corrected chi connectivity index (χ2v) is 6.08. The number of para-hydroxylation sites is 2. The lowest BCUT2D eigenvalue weighted by Crippen LogP contribution is -2.23. The fraction of sp³-hybridized carbons (Fsp3) is 0.0870. The van der Waals surface area contributed by atoms with Gasteiger partial charge in [0.05, 0.1) is 12.7 Å². The van der Waals surface area contributed by atoms with Gasteiger partial charge in [-0.2, -0.15) is 0 Å². The van der Waals surface area contributed by atoms with E-state index in [4.69, 9.17) is 9.47 Å². The van der Waals surface area contributed by atoms with Crippen LogP contribution in [0.5, 0.6) is 11.5 Å². The minimum Gasteiger partial charge on any atom is -0.496 e. The lowest BCUT2D eigenvalue weighted by atomic mass is 9.89. The average molecular weight is 342 g/mol. The Morgan fingerprint density at radius 2 is 1.58 bits per heavy atom. The number of ether oxygens (including phenoxy) is 2. The van der Waals surface area contributed by atoms with Crippen LogP contribution in [-0.4, -0.2) is 12.9 Å². The normalized spacial score (nSPS) is 17.5. The summed E-state index contributed by atoms with van der Waals surface area (Å²) in [6.07, 6.45) is 1.41. The van der Waals surface area contributed by atoms with E-state index in [1.54, 1.807) is 13.2 Å². The van der Waals surface area contributed by atoms with Crippen LogP contribution in [0.3, 0.4) is 0 Å². The van der Waals surface area contributed by atoms with Crippen molar-refractivity contribution in [3.8, 4) is 11.5 Å². The number of ketones is 1. The van der Waals surface area contributed by atoms with Gasteiger partial charge < -0.3 is 9.47 Å². The van der Waals surface area contributed by atoms with Gasteiger partial charge in [-0.15, -0.1) is 0 Å². The zero-order valence-electron chi connectivity index (χ0n) is 14.4. The van der Waals surface area contributed by atoms with Crippen LogP contribution < -0.4 is 9.47 Å². The smallest absolute Gasteiger partial charge is 0.196 e. The van der Waals surface area contributed by atoms with Gasteiger partial charge in [0.25, 0.3) is 0 Å². The molecule has 1 atom stereocenters. The monoisotopic (exact) mass is 342 g/mol. The average Bonchev–Trinajstić information content (AvgIpc) is 2.71. The molecule has 0 radical (unpaired) electrons. The van der Waals surface area contributed by atoms with Gasteiger partial charge in [0, 0.05) is 11.1 Å². The molecule has 1 aliphatic rings. The molecule has 3 aromatic carbocycles. The fourth-order valence-corrected chi connectivity index (χ4v) is 3.19. The second kappa shape index (κ2) is 6.89. The van der Waals surface area contributed by atoms with Crippen molar-refractivity contribution in [2.75, 3.05) is 7.11 Å². The number of hydrogen-bond acceptors (Lipinski definition) is 3. The molecule has 0 fully saturated rings. The van der Waals surface area contributed by atoms with E-state index in [0.29, 0.717) is 16.9 Å². The number of methoxy groups -OCH3 is 1. The summed E-state index contributed by atoms with van der Waals surface area (Å²) in [5.74, 6) is 1.31. The summed E-state index contributed by atoms with van der Waals surface area (Å²) in [7, 11) is 1.63. The van der Waals surface area contributed by atoms with E-state index >= 15 is 0 Å². The number of fused-ring (bicyclic) bond motifs is 1. The third-order valence-corrected chi connectivity index (χ3v) is 4.47. The zero-order chi connectivity index (χ0) is 17.9. The van der Waals surface area contributed by atoms with Crippen LogP contribution in [-0.2, 0) is 0 Å². The molecule has 0 aliphatic carbocycles. The SMILES string of the molecule is COc1ccccc1/C=C1\C(=O)c2ccccc2O[C@H]1c1ccccc1. The molecule has 0 unspecified atom stereocenters. The Balaban J connectivity index is 1.88. The van der Waals surface area contributed by atoms with Gasteiger partial charge >= 0.3 is 0 Å². The van der Waals surface area contributed by atoms with Gasteiger partial charge in [-0.05, 0) is 29.8 Å². The fourth-order valence-electron chi connectivity index (χ4n) is 3.19. The predicted molar refractivity (Wildman–Crippen MR) is 102 cm³/mol. The molecule has 0 N–H and O–H groups in total. The Labute approximate surface area is 152 Å². The molecule has 0 aromatic heterocycles. The van der Waals surface area contributed by atoms with Crippen molar-refractivity contribution in [2.24, 2.45) is 0 Å². The molecule has 128 valence electrons. The Kier molecular flexibility index (Phi) is 4.28. The molecule has 0 bridgehead atoms. The van der Waals surface area contributed by atoms with Crippen molar-refractivity contribution in [1.82, 2.24) is 0 Å². The second-order valence-electron chi connectivity index (χ2n) is 6.08. The van der Waals surface area contributed by atoms with Gasteiger partial charge in [0.1, 0.15) is 11.5 Å². The van der Waals surface area contributed by atoms with Crippen LogP contribution in [0.25, 0.3) is 6.08 Å². The summed E-state index contributed by atoms with van der Waals surface area (Å²) in [6.45, 7) is 0. The van der Waals surface area contributed by atoms with Crippen molar-refractivity contribution in [2.45, 2.75) is 6.10 Å². The van der Waals surface area contributed by atoms with Gasteiger partial charge in [-0.1, -0.05) is 60.7 Å². The first-order valence-electron chi connectivity index (χ1n) is 8.48. The first kappa shape index (κ1) is 16.2. The van der Waals surface area contributed by atoms with Gasteiger partial charge in [0.15, 0.2) is 11.9 Å². The molecular weight excluding hydrogens is 324 g/mol. The summed E-state index contributed by atoms with van der Waals surface area (Å²) in [5.41, 5.74) is 2.97. The maximum atomic E-state index is 13.2. The quantitative estimate of drug-likeness (QED) is 0.622. The Bertz CT molecular complexity index is 974. The summed E-state index contributed by atoms with van der Waals surface area (Å²) in [4.78, 5) is 13.2. The predicted octanol–water partition coefficient (Wildman–Crippen LogP) is 5.10. The lowest BCUT2D eigenvalue weighted by molar-refractivity contribution is 0.0963. The summed E-state index contributed by atoms with van der Waals surface area (Å²) < 4.78 is 11.7. The minimum atomic E-state index is -0.455. The number of carbonyl (C=O) groups excluding carboxylic acids is 1. The van der Waals surface area contributed by atoms with E-state index in [-0.39, 0.29) is 5.78 Å². The molecule has 26 heavy (non-hydrogen) atoms. The van der Waals surface area contributed by atoms with Crippen LogP contribution in [0.2, 0.25) is 0 Å². The largest absolute Gasteiger partial charge is 0.496 e. The number of rotatable bonds is 3. The minimum absolute atomic E-state index is 0.0217. The van der Waals surface area contributed by atoms with Crippen molar-refractivity contribution in [1.29, 1.82) is 0 Å².